The lowest BCUT2D eigenvalue weighted by Crippen LogP contribution is -2.57. The molecule has 0 saturated heterocycles. The van der Waals surface area contributed by atoms with Crippen LogP contribution in [0.15, 0.2) is 104 Å². The number of aromatic nitrogens is 6. The van der Waals surface area contributed by atoms with Crippen LogP contribution in [0.1, 0.15) is 129 Å². The van der Waals surface area contributed by atoms with Gasteiger partial charge in [-0.1, -0.05) is 103 Å². The van der Waals surface area contributed by atoms with Crippen molar-refractivity contribution in [1.82, 2.24) is 29.9 Å². The maximum atomic E-state index is 13.2. The van der Waals surface area contributed by atoms with E-state index in [1.807, 2.05) is 53.9 Å². The van der Waals surface area contributed by atoms with E-state index in [9.17, 15) is 35.2 Å². The molecule has 0 aliphatic heterocycles. The van der Waals surface area contributed by atoms with Crippen molar-refractivity contribution in [2.75, 3.05) is 70.5 Å². The number of hydrogen-bond acceptors (Lipinski definition) is 19. The van der Waals surface area contributed by atoms with Gasteiger partial charge in [0.15, 0.2) is 5.78 Å². The molecule has 0 spiro atoms. The summed E-state index contributed by atoms with van der Waals surface area (Å²) in [6.07, 6.45) is 10.1. The Hall–Kier alpha value is -9.03. The zero-order chi connectivity index (χ0) is 62.6. The van der Waals surface area contributed by atoms with E-state index < -0.39 is 11.9 Å². The number of aliphatic hydroxyl groups is 2. The molecule has 3 aliphatic carbocycles. The Kier molecular flexibility index (Phi) is 20.6. The highest BCUT2D eigenvalue weighted by atomic mass is 19.1. The number of halogens is 1. The molecule has 460 valence electrons. The Balaban J connectivity index is 0.000000242. The molecule has 0 unspecified atom stereocenters. The number of ketones is 1. The summed E-state index contributed by atoms with van der Waals surface area (Å²) in [5, 5.41) is 69.9. The molecule has 3 heterocycles. The molecule has 0 radical (unpaired) electrons. The number of nitrogens with one attached hydrogen (secondary N) is 6. The highest BCUT2D eigenvalue weighted by Gasteiger charge is 2.48. The first-order valence-corrected chi connectivity index (χ1v) is 29.7. The third kappa shape index (κ3) is 15.9. The maximum Gasteiger partial charge on any atom is 0.225 e. The van der Waals surface area contributed by atoms with Gasteiger partial charge in [-0.25, -0.2) is 19.3 Å². The monoisotopic (exact) mass is 1180 g/mol. The molecule has 0 bridgehead atoms. The topological polar surface area (TPSA) is 282 Å². The number of hydrogen-bond donors (Lipinski definition) is 8. The van der Waals surface area contributed by atoms with Crippen molar-refractivity contribution in [3.05, 3.63) is 148 Å². The van der Waals surface area contributed by atoms with Crippen LogP contribution in [0.5, 0.6) is 0 Å². The van der Waals surface area contributed by atoms with E-state index in [0.717, 1.165) is 32.2 Å². The van der Waals surface area contributed by atoms with Gasteiger partial charge < -0.3 is 47.0 Å². The number of aliphatic hydroxyl groups excluding tert-OH is 2. The standard InChI is InChI=1S/C24H34N6.C23H25N5O.C20H22FN5O2.3H2/c1-17-6-9-20(14-24(17,2)3)28-22-19(15-25)16-27-23(29-22)26-13-12-18-7-10-21(11-8-18)30(4)5;1-23(2)19(12-20(23)29)27-21-17(13-24)14-26-22(28-21)25-11-10-16-8-5-7-15-6-3-4-9-18(15)16;1-11-6-13(21)4-5-14(11)15(27)10-24-19-23-9-12(8-22)18(26-19)25-16-7-17(28)20(16,2)3;;;/h7-8,10-11,16-17,20H,6,9,12-14H2,1-5H3,(H2,26,27,28,29);3-9,14,19-20,29H,10-12H2,1-2H3,(H2,25,26,27,28);4-6,9,16-17,28H,7,10H2,1-3H3,(H2,23,24,25,26);3*1H/t17-,20+;19-,20+;16-,17+;;;/m011.../s1. The average molecular weight is 1180 g/mol. The summed E-state index contributed by atoms with van der Waals surface area (Å²) >= 11 is 0. The van der Waals surface area contributed by atoms with E-state index in [4.69, 9.17) is 0 Å². The lowest BCUT2D eigenvalue weighted by atomic mass is 9.64. The molecule has 10 rings (SSSR count). The van der Waals surface area contributed by atoms with Crippen LogP contribution < -0.4 is 36.8 Å². The Labute approximate surface area is 514 Å². The van der Waals surface area contributed by atoms with Crippen LogP contribution in [0.25, 0.3) is 10.8 Å². The van der Waals surface area contributed by atoms with Crippen molar-refractivity contribution in [3.8, 4) is 18.2 Å². The van der Waals surface area contributed by atoms with Crippen molar-refractivity contribution < 1.29 is 23.7 Å². The van der Waals surface area contributed by atoms with E-state index in [1.54, 1.807) is 13.1 Å². The predicted molar refractivity (Wildman–Crippen MR) is 347 cm³/mol. The first kappa shape index (κ1) is 64.0. The molecule has 8 N–H and O–H groups in total. The fraction of sp³-hybridized carbons (Fsp3) is 0.433. The fourth-order valence-corrected chi connectivity index (χ4v) is 11.0. The first-order chi connectivity index (χ1) is 41.5. The molecular formula is C67H87FN16O3. The Morgan fingerprint density at radius 3 is 1.70 bits per heavy atom. The van der Waals surface area contributed by atoms with Gasteiger partial charge in [-0.3, -0.25) is 4.79 Å². The summed E-state index contributed by atoms with van der Waals surface area (Å²) < 4.78 is 13.2. The normalized spacial score (nSPS) is 20.1. The molecular weight excluding hydrogens is 1100 g/mol. The van der Waals surface area contributed by atoms with Gasteiger partial charge in [0.1, 0.15) is 58.2 Å². The molecule has 0 amide bonds. The molecule has 20 heteroatoms. The summed E-state index contributed by atoms with van der Waals surface area (Å²) in [5.74, 6) is 2.86. The zero-order valence-electron chi connectivity index (χ0n) is 51.5. The molecule has 3 aromatic heterocycles. The van der Waals surface area contributed by atoms with Crippen LogP contribution in [0.2, 0.25) is 0 Å². The predicted octanol–water partition coefficient (Wildman–Crippen LogP) is 11.8. The van der Waals surface area contributed by atoms with E-state index in [-0.39, 0.29) is 57.1 Å². The van der Waals surface area contributed by atoms with Gasteiger partial charge in [0.2, 0.25) is 17.8 Å². The minimum absolute atomic E-state index is 0. The zero-order valence-corrected chi connectivity index (χ0v) is 51.5. The van der Waals surface area contributed by atoms with Crippen molar-refractivity contribution in [3.63, 3.8) is 0 Å². The van der Waals surface area contributed by atoms with Gasteiger partial charge in [0.05, 0.1) is 37.3 Å². The number of carbonyl (C=O) groups excluding carboxylic acids is 1. The molecule has 3 aliphatic rings. The summed E-state index contributed by atoms with van der Waals surface area (Å²) in [7, 11) is 4.08. The molecule has 7 aromatic rings. The first-order valence-electron chi connectivity index (χ1n) is 29.7. The van der Waals surface area contributed by atoms with Crippen LogP contribution in [-0.4, -0.2) is 110 Å². The number of nitriles is 3. The van der Waals surface area contributed by atoms with Crippen molar-refractivity contribution in [2.24, 2.45) is 22.2 Å². The Morgan fingerprint density at radius 1 is 0.678 bits per heavy atom. The summed E-state index contributed by atoms with van der Waals surface area (Å²) in [6, 6.07) is 34.0. The molecule has 3 saturated carbocycles. The Morgan fingerprint density at radius 2 is 1.20 bits per heavy atom. The quantitative estimate of drug-likeness (QED) is 0.0349. The van der Waals surface area contributed by atoms with Crippen molar-refractivity contribution >= 4 is 57.5 Å². The molecule has 3 fully saturated rings. The van der Waals surface area contributed by atoms with Crippen LogP contribution >= 0.6 is 0 Å². The number of Topliss-reactive ketones (excluding diaryl/α,β-unsaturated/α-hetero) is 1. The Bertz CT molecular complexity index is 3680. The number of aryl methyl sites for hydroxylation is 1. The third-order valence-corrected chi connectivity index (χ3v) is 17.8. The summed E-state index contributed by atoms with van der Waals surface area (Å²) in [5.41, 5.74) is 5.60. The largest absolute Gasteiger partial charge is 0.392 e. The van der Waals surface area contributed by atoms with Gasteiger partial charge in [-0.05, 0) is 121 Å². The molecule has 87 heavy (non-hydrogen) atoms. The smallest absolute Gasteiger partial charge is 0.225 e. The number of fused-ring (bicyclic) bond motifs is 1. The van der Waals surface area contributed by atoms with Crippen LogP contribution in [-0.2, 0) is 12.8 Å². The number of carbonyl (C=O) groups is 1. The molecule has 19 nitrogen and oxygen atoms in total. The minimum Gasteiger partial charge on any atom is -0.392 e. The third-order valence-electron chi connectivity index (χ3n) is 17.8. The molecule has 6 atom stereocenters. The summed E-state index contributed by atoms with van der Waals surface area (Å²) in [4.78, 5) is 40.6. The van der Waals surface area contributed by atoms with Gasteiger partial charge >= 0.3 is 0 Å². The van der Waals surface area contributed by atoms with E-state index in [0.29, 0.717) is 88.4 Å². The van der Waals surface area contributed by atoms with Crippen molar-refractivity contribution in [2.45, 2.75) is 131 Å². The van der Waals surface area contributed by atoms with Gasteiger partial charge in [-0.15, -0.1) is 0 Å². The van der Waals surface area contributed by atoms with Gasteiger partial charge in [-0.2, -0.15) is 30.7 Å². The second-order valence-electron chi connectivity index (χ2n) is 25.0. The number of nitrogens with zero attached hydrogens (tertiary/aromatic N) is 10. The van der Waals surface area contributed by atoms with Gasteiger partial charge in [0, 0.05) is 71.7 Å². The molecule has 4 aromatic carbocycles. The number of rotatable bonds is 19. The van der Waals surface area contributed by atoms with E-state index in [2.05, 4.69) is 160 Å². The van der Waals surface area contributed by atoms with Crippen molar-refractivity contribution in [1.29, 1.82) is 15.8 Å². The SMILES string of the molecule is CC1(C)[C@@H](O)C[C@H]1Nc1nc(NCCc2cccc3ccccc23)ncc1C#N.C[C@H]1CC[C@@H](Nc2nc(NCCc3ccc(N(C)C)cc3)ncc2C#N)CC1(C)C.Cc1cc(F)ccc1C(=O)CNc1ncc(C#N)c(N[C@@H]2C[C@H](O)C2(C)C)n1.[HH].[HH].[HH]. The second kappa shape index (κ2) is 28.0. The van der Waals surface area contributed by atoms with E-state index >= 15 is 0 Å². The highest BCUT2D eigenvalue weighted by molar-refractivity contribution is 6.00. The number of anilines is 7. The summed E-state index contributed by atoms with van der Waals surface area (Å²) in [6.45, 7) is 17.9. The lowest BCUT2D eigenvalue weighted by molar-refractivity contribution is -0.0512. The average Bonchev–Trinajstić information content (AvgIpc) is 0.832. The fourth-order valence-electron chi connectivity index (χ4n) is 11.0. The number of benzene rings is 4. The maximum absolute atomic E-state index is 13.2. The minimum atomic E-state index is -0.411. The lowest BCUT2D eigenvalue weighted by Gasteiger charge is -2.49. The van der Waals surface area contributed by atoms with Gasteiger partial charge in [0.25, 0.3) is 0 Å². The van der Waals surface area contributed by atoms with Crippen LogP contribution in [0.4, 0.5) is 45.4 Å². The van der Waals surface area contributed by atoms with E-state index in [1.165, 1.54) is 64.6 Å². The highest BCUT2D eigenvalue weighted by Crippen LogP contribution is 2.44. The van der Waals surface area contributed by atoms with Crippen LogP contribution in [0, 0.1) is 68.9 Å². The second-order valence-corrected chi connectivity index (χ2v) is 25.0. The van der Waals surface area contributed by atoms with Crippen LogP contribution in [0.3, 0.4) is 0 Å².